The molecule has 9 rings (SSSR count). The quantitative estimate of drug-likeness (QED) is 0.0704. The molecular weight excluding hydrogens is 1010 g/mol. The predicted octanol–water partition coefficient (Wildman–Crippen LogP) is 23.0. The Bertz CT molecular complexity index is 3340. The highest BCUT2D eigenvalue weighted by atomic mass is 15.1. The van der Waals surface area contributed by atoms with Crippen LogP contribution in [-0.2, 0) is 0 Å². The van der Waals surface area contributed by atoms with E-state index < -0.39 is 0 Å². The van der Waals surface area contributed by atoms with Gasteiger partial charge in [0, 0.05) is 57.1 Å². The highest BCUT2D eigenvalue weighted by Gasteiger charge is 2.24. The molecule has 0 spiro atoms. The zero-order valence-corrected chi connectivity index (χ0v) is 54.2. The summed E-state index contributed by atoms with van der Waals surface area (Å²) in [5.74, 6) is 9.10. The third-order valence-corrected chi connectivity index (χ3v) is 14.6. The fourth-order valence-corrected chi connectivity index (χ4v) is 11.1. The Hall–Kier alpha value is -8.01. The summed E-state index contributed by atoms with van der Waals surface area (Å²) in [6.07, 6.45) is 0. The Morgan fingerprint density at radius 2 is 0.614 bits per heavy atom. The number of aliphatic imine (C=N–C) groups is 1. The van der Waals surface area contributed by atoms with Crippen LogP contribution in [0.4, 0.5) is 17.1 Å². The summed E-state index contributed by atoms with van der Waals surface area (Å²) >= 11 is 0. The molecule has 6 nitrogen and oxygen atoms in total. The highest BCUT2D eigenvalue weighted by Crippen LogP contribution is 2.37. The molecule has 0 N–H and O–H groups in total. The van der Waals surface area contributed by atoms with Gasteiger partial charge in [-0.25, -0.2) is 0 Å². The summed E-state index contributed by atoms with van der Waals surface area (Å²) in [4.78, 5) is 3.72. The van der Waals surface area contributed by atoms with E-state index in [2.05, 4.69) is 270 Å². The molecule has 0 radical (unpaired) electrons. The lowest BCUT2D eigenvalue weighted by atomic mass is 9.91. The van der Waals surface area contributed by atoms with Crippen molar-refractivity contribution < 1.29 is 0 Å². The molecule has 83 heavy (non-hydrogen) atoms. The summed E-state index contributed by atoms with van der Waals surface area (Å²) in [6.45, 7) is 47.9. The first-order valence-electron chi connectivity index (χ1n) is 29.8. The van der Waals surface area contributed by atoms with E-state index in [1.807, 2.05) is 97.9 Å². The van der Waals surface area contributed by atoms with E-state index >= 15 is 0 Å². The third-order valence-electron chi connectivity index (χ3n) is 14.6. The molecule has 0 aliphatic rings. The summed E-state index contributed by atoms with van der Waals surface area (Å²) in [7, 11) is 0. The Morgan fingerprint density at radius 1 is 0.325 bits per heavy atom. The molecule has 6 heteroatoms. The van der Waals surface area contributed by atoms with Gasteiger partial charge in [0.25, 0.3) is 0 Å². The van der Waals surface area contributed by atoms with Gasteiger partial charge in [-0.05, 0) is 198 Å². The second kappa shape index (κ2) is 33.8. The zero-order valence-electron chi connectivity index (χ0n) is 54.2. The van der Waals surface area contributed by atoms with Gasteiger partial charge in [0.1, 0.15) is 0 Å². The molecule has 0 unspecified atom stereocenters. The van der Waals surface area contributed by atoms with Crippen LogP contribution < -0.4 is 0 Å². The van der Waals surface area contributed by atoms with Crippen molar-refractivity contribution in [3.05, 3.63) is 250 Å². The van der Waals surface area contributed by atoms with E-state index in [1.54, 1.807) is 0 Å². The molecule has 436 valence electrons. The lowest BCUT2D eigenvalue weighted by molar-refractivity contribution is 0.770. The molecule has 3 aromatic heterocycles. The van der Waals surface area contributed by atoms with Crippen LogP contribution >= 0.6 is 0 Å². The fraction of sp³-hybridized carbons (Fsp3) is 0.338. The summed E-state index contributed by atoms with van der Waals surface area (Å²) in [6, 6.07) is 61.0. The Kier molecular flexibility index (Phi) is 27.5. The lowest BCUT2D eigenvalue weighted by Gasteiger charge is -2.15. The zero-order chi connectivity index (χ0) is 61.3. The van der Waals surface area contributed by atoms with E-state index in [0.717, 1.165) is 17.1 Å². The minimum atomic E-state index is 0.534. The van der Waals surface area contributed by atoms with Crippen LogP contribution in [0.1, 0.15) is 187 Å². The average Bonchev–Trinajstić information content (AvgIpc) is 2.50. The van der Waals surface area contributed by atoms with Gasteiger partial charge in [0.05, 0.1) is 17.1 Å². The minimum absolute atomic E-state index is 0.534. The van der Waals surface area contributed by atoms with Crippen LogP contribution in [0.2, 0.25) is 0 Å². The van der Waals surface area contributed by atoms with Crippen molar-refractivity contribution in [1.29, 1.82) is 0 Å². The Balaban J connectivity index is 0.000000221. The van der Waals surface area contributed by atoms with E-state index in [0.29, 0.717) is 35.5 Å². The van der Waals surface area contributed by atoms with Gasteiger partial charge in [-0.15, -0.1) is 11.8 Å². The number of benzene rings is 6. The molecule has 3 heterocycles. The van der Waals surface area contributed by atoms with Crippen molar-refractivity contribution >= 4 is 23.8 Å². The van der Waals surface area contributed by atoms with Gasteiger partial charge < -0.3 is 13.7 Å². The predicted molar refractivity (Wildman–Crippen MR) is 362 cm³/mol. The van der Waals surface area contributed by atoms with Gasteiger partial charge in [0.15, 0.2) is 0 Å². The van der Waals surface area contributed by atoms with Crippen LogP contribution in [0, 0.1) is 66.2 Å². The van der Waals surface area contributed by atoms with E-state index in [1.165, 1.54) is 84.6 Å². The SMILES string of the molecule is C=Nc1ccccc1.CC#CC(C)C.Cc1c(C(C)C)c(C(C)C)c(C)n1-c1ccccc1.Cc1c(C(C)C)c(C)n(-c2ccccc2)c1C(C)C.Cc1c(C)c(C(C)C)n(-c2ccccc2)c1C.c1ccc(N=Nc2ccccc2)cc1. The maximum Gasteiger partial charge on any atom is 0.0857 e. The smallest absolute Gasteiger partial charge is 0.0857 e. The molecule has 6 aromatic carbocycles. The molecule has 0 aliphatic heterocycles. The standard InChI is InChI=1S/2C18H25N.C16H21N.C12H10N2.C7H7N.C6H10/c1-12(2)17-14(5)19(15(6)18(17)13(3)4)16-10-8-7-9-11-16;1-12(2)17-14(5)18(13(3)4)19(15(17)6)16-10-8-7-9-11-16;1-11(2)16-13(4)12(3)14(5)17(16)15-9-7-6-8-10-15;1-3-7-11(8-4-1)13-14-12-9-5-2-6-10-12;1-8-7-5-3-2-4-6-7;1-4-5-6(2)3/h2*7-13H,1-6H3;6-11H,1-5H3;1-10H;2-6H,1H2;6H,1-3H3. The van der Waals surface area contributed by atoms with Crippen molar-refractivity contribution in [2.45, 2.75) is 168 Å². The topological polar surface area (TPSA) is 51.9 Å². The summed E-state index contributed by atoms with van der Waals surface area (Å²) < 4.78 is 7.25. The maximum absolute atomic E-state index is 4.10. The van der Waals surface area contributed by atoms with Crippen LogP contribution in [-0.4, -0.2) is 20.4 Å². The minimum Gasteiger partial charge on any atom is -0.318 e. The van der Waals surface area contributed by atoms with Crippen molar-refractivity contribution in [3.63, 3.8) is 0 Å². The Morgan fingerprint density at radius 3 is 0.892 bits per heavy atom. The maximum atomic E-state index is 4.10. The normalized spacial score (nSPS) is 10.7. The van der Waals surface area contributed by atoms with Gasteiger partial charge in [0.2, 0.25) is 0 Å². The summed E-state index contributed by atoms with van der Waals surface area (Å²) in [5, 5.41) is 8.20. The van der Waals surface area contributed by atoms with Crippen molar-refractivity contribution in [2.75, 3.05) is 0 Å². The van der Waals surface area contributed by atoms with Crippen LogP contribution in [0.5, 0.6) is 0 Å². The monoisotopic (exact) mass is 1110 g/mol. The Labute approximate surface area is 502 Å². The number of rotatable bonds is 11. The van der Waals surface area contributed by atoms with Crippen molar-refractivity contribution in [1.82, 2.24) is 13.7 Å². The van der Waals surface area contributed by atoms with E-state index in [9.17, 15) is 0 Å². The molecule has 0 aliphatic carbocycles. The molecular formula is C77H98N6. The fourth-order valence-electron chi connectivity index (χ4n) is 11.1. The molecule has 0 saturated heterocycles. The van der Waals surface area contributed by atoms with Gasteiger partial charge in [-0.1, -0.05) is 192 Å². The number of hydrogen-bond donors (Lipinski definition) is 0. The number of para-hydroxylation sites is 4. The van der Waals surface area contributed by atoms with Gasteiger partial charge in [-0.2, -0.15) is 10.2 Å². The molecule has 0 amide bonds. The molecule has 0 bridgehead atoms. The third kappa shape index (κ3) is 19.0. The molecule has 9 aromatic rings. The second-order valence-electron chi connectivity index (χ2n) is 22.9. The van der Waals surface area contributed by atoms with E-state index in [-0.39, 0.29) is 0 Å². The number of aromatic nitrogens is 3. The number of hydrogen-bond acceptors (Lipinski definition) is 3. The molecule has 0 fully saturated rings. The number of azo groups is 1. The first kappa shape index (κ1) is 67.5. The van der Waals surface area contributed by atoms with Gasteiger partial charge in [-0.3, -0.25) is 4.99 Å². The van der Waals surface area contributed by atoms with Crippen LogP contribution in [0.25, 0.3) is 17.1 Å². The lowest BCUT2D eigenvalue weighted by Crippen LogP contribution is -2.04. The van der Waals surface area contributed by atoms with Crippen LogP contribution in [0.15, 0.2) is 197 Å². The average molecular weight is 1110 g/mol. The van der Waals surface area contributed by atoms with Crippen molar-refractivity contribution in [2.24, 2.45) is 21.1 Å². The van der Waals surface area contributed by atoms with Gasteiger partial charge >= 0.3 is 0 Å². The van der Waals surface area contributed by atoms with E-state index in [4.69, 9.17) is 0 Å². The molecule has 0 saturated carbocycles. The number of nitrogens with zero attached hydrogens (tertiary/aromatic N) is 6. The van der Waals surface area contributed by atoms with Crippen molar-refractivity contribution in [3.8, 4) is 28.9 Å². The molecule has 0 atom stereocenters. The second-order valence-corrected chi connectivity index (χ2v) is 22.9. The largest absolute Gasteiger partial charge is 0.318 e. The van der Waals surface area contributed by atoms with Crippen LogP contribution in [0.3, 0.4) is 0 Å². The summed E-state index contributed by atoms with van der Waals surface area (Å²) in [5.41, 5.74) is 23.8. The first-order valence-corrected chi connectivity index (χ1v) is 29.8. The highest BCUT2D eigenvalue weighted by molar-refractivity contribution is 5.51. The first-order chi connectivity index (χ1) is 39.6.